The number of halogens is 1. The number of rotatable bonds is 5. The van der Waals surface area contributed by atoms with Crippen molar-refractivity contribution in [3.05, 3.63) is 64.9 Å². The zero-order chi connectivity index (χ0) is 18.5. The first kappa shape index (κ1) is 18.9. The van der Waals surface area contributed by atoms with Crippen LogP contribution in [0.3, 0.4) is 0 Å². The standard InChI is InChI=1S/C21H26ClN3O/c1-15(2)25-13-9-18(10-14-25)21(26)24-20(17-7-11-23-12-8-17)16-3-5-19(22)6-4-16/h3-8,11-12,15,18,20H,9-10,13-14H2,1-2H3,(H,24,26). The van der Waals surface area contributed by atoms with Gasteiger partial charge in [-0.25, -0.2) is 0 Å². The van der Waals surface area contributed by atoms with Crippen LogP contribution in [0.2, 0.25) is 5.02 Å². The Balaban J connectivity index is 1.74. The number of benzene rings is 1. The molecule has 1 aromatic carbocycles. The molecular weight excluding hydrogens is 346 g/mol. The van der Waals surface area contributed by atoms with Crippen LogP contribution >= 0.6 is 11.6 Å². The summed E-state index contributed by atoms with van der Waals surface area (Å²) in [5.74, 6) is 0.201. The van der Waals surface area contributed by atoms with Gasteiger partial charge in [-0.2, -0.15) is 0 Å². The average Bonchev–Trinajstić information content (AvgIpc) is 2.67. The highest BCUT2D eigenvalue weighted by Gasteiger charge is 2.28. The van der Waals surface area contributed by atoms with Crippen LogP contribution in [0.25, 0.3) is 0 Å². The molecule has 4 nitrogen and oxygen atoms in total. The van der Waals surface area contributed by atoms with E-state index in [0.717, 1.165) is 37.1 Å². The highest BCUT2D eigenvalue weighted by molar-refractivity contribution is 6.30. The van der Waals surface area contributed by atoms with Crippen molar-refractivity contribution in [2.45, 2.75) is 38.8 Å². The third kappa shape index (κ3) is 4.63. The topological polar surface area (TPSA) is 45.2 Å². The molecule has 26 heavy (non-hydrogen) atoms. The molecule has 0 spiro atoms. The lowest BCUT2D eigenvalue weighted by atomic mass is 9.93. The number of carbonyl (C=O) groups is 1. The van der Waals surface area contributed by atoms with Gasteiger partial charge in [0.05, 0.1) is 6.04 Å². The second-order valence-electron chi connectivity index (χ2n) is 7.18. The van der Waals surface area contributed by atoms with Crippen molar-refractivity contribution in [1.29, 1.82) is 0 Å². The maximum absolute atomic E-state index is 12.9. The molecule has 1 fully saturated rings. The lowest BCUT2D eigenvalue weighted by molar-refractivity contribution is -0.127. The normalized spacial score (nSPS) is 17.2. The molecule has 1 atom stereocenters. The monoisotopic (exact) mass is 371 g/mol. The molecule has 0 aliphatic carbocycles. The number of amides is 1. The van der Waals surface area contributed by atoms with Crippen LogP contribution in [-0.4, -0.2) is 34.9 Å². The molecule has 1 aliphatic rings. The van der Waals surface area contributed by atoms with Crippen LogP contribution in [0.15, 0.2) is 48.8 Å². The second-order valence-corrected chi connectivity index (χ2v) is 7.61. The lowest BCUT2D eigenvalue weighted by Crippen LogP contribution is -2.43. The number of carbonyl (C=O) groups excluding carboxylic acids is 1. The Morgan fingerprint density at radius 2 is 1.65 bits per heavy atom. The Morgan fingerprint density at radius 1 is 1.08 bits per heavy atom. The van der Waals surface area contributed by atoms with Crippen molar-refractivity contribution in [2.75, 3.05) is 13.1 Å². The number of hydrogen-bond acceptors (Lipinski definition) is 3. The number of nitrogens with one attached hydrogen (secondary N) is 1. The van der Waals surface area contributed by atoms with Gasteiger partial charge in [0, 0.05) is 29.4 Å². The molecular formula is C21H26ClN3O. The van der Waals surface area contributed by atoms with Gasteiger partial charge in [0.25, 0.3) is 0 Å². The predicted molar refractivity (Wildman–Crippen MR) is 105 cm³/mol. The van der Waals surface area contributed by atoms with Gasteiger partial charge in [-0.1, -0.05) is 23.7 Å². The highest BCUT2D eigenvalue weighted by atomic mass is 35.5. The molecule has 0 saturated carbocycles. The maximum atomic E-state index is 12.9. The fourth-order valence-electron chi connectivity index (χ4n) is 3.51. The van der Waals surface area contributed by atoms with Crippen molar-refractivity contribution in [3.8, 4) is 0 Å². The van der Waals surface area contributed by atoms with E-state index in [-0.39, 0.29) is 17.9 Å². The summed E-state index contributed by atoms with van der Waals surface area (Å²) in [6.07, 6.45) is 5.33. The van der Waals surface area contributed by atoms with Crippen LogP contribution < -0.4 is 5.32 Å². The molecule has 0 radical (unpaired) electrons. The van der Waals surface area contributed by atoms with E-state index in [9.17, 15) is 4.79 Å². The Morgan fingerprint density at radius 3 is 2.23 bits per heavy atom. The zero-order valence-corrected chi connectivity index (χ0v) is 16.1. The van der Waals surface area contributed by atoms with Gasteiger partial charge in [-0.3, -0.25) is 9.78 Å². The van der Waals surface area contributed by atoms with E-state index in [1.807, 2.05) is 36.4 Å². The molecule has 1 unspecified atom stereocenters. The summed E-state index contributed by atoms with van der Waals surface area (Å²) in [5, 5.41) is 3.94. The molecule has 1 aliphatic heterocycles. The van der Waals surface area contributed by atoms with Crippen LogP contribution in [0, 0.1) is 5.92 Å². The fourth-order valence-corrected chi connectivity index (χ4v) is 3.63. The Kier molecular flexibility index (Phi) is 6.28. The number of nitrogens with zero attached hydrogens (tertiary/aromatic N) is 2. The van der Waals surface area contributed by atoms with E-state index < -0.39 is 0 Å². The van der Waals surface area contributed by atoms with E-state index in [4.69, 9.17) is 11.6 Å². The van der Waals surface area contributed by atoms with Crippen molar-refractivity contribution in [3.63, 3.8) is 0 Å². The second kappa shape index (κ2) is 8.65. The zero-order valence-electron chi connectivity index (χ0n) is 15.4. The number of pyridine rings is 1. The van der Waals surface area contributed by atoms with Gasteiger partial charge < -0.3 is 10.2 Å². The number of aromatic nitrogens is 1. The lowest BCUT2D eigenvalue weighted by Gasteiger charge is -2.34. The third-order valence-corrected chi connectivity index (χ3v) is 5.41. The summed E-state index contributed by atoms with van der Waals surface area (Å²) in [5.41, 5.74) is 2.05. The maximum Gasteiger partial charge on any atom is 0.223 e. The van der Waals surface area contributed by atoms with E-state index in [1.165, 1.54) is 0 Å². The first-order valence-electron chi connectivity index (χ1n) is 9.24. The van der Waals surface area contributed by atoms with Crippen molar-refractivity contribution >= 4 is 17.5 Å². The molecule has 138 valence electrons. The highest BCUT2D eigenvalue weighted by Crippen LogP contribution is 2.25. The molecule has 2 aromatic rings. The van der Waals surface area contributed by atoms with Gasteiger partial charge in [0.15, 0.2) is 0 Å². The largest absolute Gasteiger partial charge is 0.345 e. The van der Waals surface area contributed by atoms with E-state index in [0.29, 0.717) is 11.1 Å². The van der Waals surface area contributed by atoms with Crippen LogP contribution in [-0.2, 0) is 4.79 Å². The first-order valence-corrected chi connectivity index (χ1v) is 9.62. The van der Waals surface area contributed by atoms with Gasteiger partial charge in [0.1, 0.15) is 0 Å². The summed E-state index contributed by atoms with van der Waals surface area (Å²) in [4.78, 5) is 19.5. The molecule has 1 amide bonds. The minimum atomic E-state index is -0.189. The van der Waals surface area contributed by atoms with Gasteiger partial charge >= 0.3 is 0 Å². The molecule has 1 aromatic heterocycles. The molecule has 1 N–H and O–H groups in total. The summed E-state index contributed by atoms with van der Waals surface area (Å²) < 4.78 is 0. The average molecular weight is 372 g/mol. The van der Waals surface area contributed by atoms with Gasteiger partial charge in [0.2, 0.25) is 5.91 Å². The van der Waals surface area contributed by atoms with Gasteiger partial charge in [-0.15, -0.1) is 0 Å². The fraction of sp³-hybridized carbons (Fsp3) is 0.429. The number of piperidine rings is 1. The van der Waals surface area contributed by atoms with E-state index in [2.05, 4.69) is 29.0 Å². The van der Waals surface area contributed by atoms with Crippen molar-refractivity contribution < 1.29 is 4.79 Å². The van der Waals surface area contributed by atoms with Crippen molar-refractivity contribution in [2.24, 2.45) is 5.92 Å². The molecule has 5 heteroatoms. The number of likely N-dealkylation sites (tertiary alicyclic amines) is 1. The smallest absolute Gasteiger partial charge is 0.223 e. The summed E-state index contributed by atoms with van der Waals surface area (Å²) in [6.45, 7) is 6.38. The summed E-state index contributed by atoms with van der Waals surface area (Å²) in [6, 6.07) is 11.9. The molecule has 3 rings (SSSR count). The van der Waals surface area contributed by atoms with Crippen LogP contribution in [0.4, 0.5) is 0 Å². The summed E-state index contributed by atoms with van der Waals surface area (Å²) in [7, 11) is 0. The van der Waals surface area contributed by atoms with Crippen LogP contribution in [0.1, 0.15) is 43.9 Å². The first-order chi connectivity index (χ1) is 12.5. The van der Waals surface area contributed by atoms with E-state index >= 15 is 0 Å². The summed E-state index contributed by atoms with van der Waals surface area (Å²) >= 11 is 6.03. The SMILES string of the molecule is CC(C)N1CCC(C(=O)NC(c2ccncc2)c2ccc(Cl)cc2)CC1. The minimum Gasteiger partial charge on any atom is -0.345 e. The van der Waals surface area contributed by atoms with E-state index in [1.54, 1.807) is 12.4 Å². The Bertz CT molecular complexity index is 710. The third-order valence-electron chi connectivity index (χ3n) is 5.16. The van der Waals surface area contributed by atoms with Crippen LogP contribution in [0.5, 0.6) is 0 Å². The molecule has 1 saturated heterocycles. The molecule has 2 heterocycles. The quantitative estimate of drug-likeness (QED) is 0.862. The van der Waals surface area contributed by atoms with Gasteiger partial charge in [-0.05, 0) is 75.2 Å². The Labute approximate surface area is 160 Å². The number of hydrogen-bond donors (Lipinski definition) is 1. The minimum absolute atomic E-state index is 0.0710. The Hall–Kier alpha value is -1.91. The predicted octanol–water partition coefficient (Wildman–Crippen LogP) is 4.06. The van der Waals surface area contributed by atoms with Crippen molar-refractivity contribution in [1.82, 2.24) is 15.2 Å². The molecule has 0 bridgehead atoms.